The minimum absolute atomic E-state index is 0.498. The van der Waals surface area contributed by atoms with Gasteiger partial charge in [0.25, 0.3) is 0 Å². The molecule has 3 heteroatoms. The second-order valence-electron chi connectivity index (χ2n) is 5.13. The van der Waals surface area contributed by atoms with E-state index in [4.69, 9.17) is 4.74 Å². The molecule has 0 spiro atoms. The quantitative estimate of drug-likeness (QED) is 0.694. The van der Waals surface area contributed by atoms with E-state index in [0.717, 1.165) is 28.0 Å². The molecule has 2 aliphatic rings. The van der Waals surface area contributed by atoms with Crippen molar-refractivity contribution in [3.05, 3.63) is 28.2 Å². The second kappa shape index (κ2) is 4.58. The van der Waals surface area contributed by atoms with Crippen molar-refractivity contribution in [2.75, 3.05) is 7.11 Å². The topological polar surface area (TPSA) is 9.23 Å². The largest absolute Gasteiger partial charge is 0.497 e. The van der Waals surface area contributed by atoms with Crippen LogP contribution in [0.25, 0.3) is 0 Å². The molecule has 3 atom stereocenters. The molecule has 17 heavy (non-hydrogen) atoms. The summed E-state index contributed by atoms with van der Waals surface area (Å²) >= 11 is 7.55. The minimum atomic E-state index is 0.498. The van der Waals surface area contributed by atoms with Crippen LogP contribution < -0.4 is 4.74 Å². The summed E-state index contributed by atoms with van der Waals surface area (Å²) < 4.78 is 6.39. The summed E-state index contributed by atoms with van der Waals surface area (Å²) in [7, 11) is 1.71. The number of rotatable bonds is 3. The Kier molecular flexibility index (Phi) is 3.24. The van der Waals surface area contributed by atoms with E-state index in [1.807, 2.05) is 6.07 Å². The number of alkyl halides is 1. The third-order valence-electron chi connectivity index (χ3n) is 4.32. The maximum atomic E-state index is 5.24. The number of ether oxygens (including phenoxy) is 1. The smallest absolute Gasteiger partial charge is 0.120 e. The number of halogens is 2. The molecule has 2 fully saturated rings. The SMILES string of the molecule is COc1ccc(C(Br)C2C3CCCC32)c(Br)c1. The number of benzene rings is 1. The number of fused-ring (bicyclic) bond motifs is 1. The predicted octanol–water partition coefficient (Wildman–Crippen LogP) is 4.94. The Hall–Kier alpha value is -0.0200. The highest BCUT2D eigenvalue weighted by molar-refractivity contribution is 9.11. The van der Waals surface area contributed by atoms with Crippen LogP contribution in [-0.4, -0.2) is 7.11 Å². The van der Waals surface area contributed by atoms with E-state index in [2.05, 4.69) is 44.0 Å². The zero-order chi connectivity index (χ0) is 12.0. The third-order valence-corrected chi connectivity index (χ3v) is 6.11. The van der Waals surface area contributed by atoms with Crippen LogP contribution >= 0.6 is 31.9 Å². The van der Waals surface area contributed by atoms with Gasteiger partial charge in [0.05, 0.1) is 7.11 Å². The maximum absolute atomic E-state index is 5.24. The standard InChI is InChI=1S/C14H16Br2O/c1-17-8-5-6-11(12(15)7-8)14(16)13-9-3-2-4-10(9)13/h5-7,9-10,13-14H,2-4H2,1H3. The molecule has 0 aliphatic heterocycles. The molecule has 1 aromatic carbocycles. The first kappa shape index (κ1) is 12.0. The molecule has 3 unspecified atom stereocenters. The summed E-state index contributed by atoms with van der Waals surface area (Å²) in [5, 5.41) is 0. The highest BCUT2D eigenvalue weighted by Gasteiger charge is 2.55. The van der Waals surface area contributed by atoms with E-state index in [1.54, 1.807) is 7.11 Å². The van der Waals surface area contributed by atoms with E-state index >= 15 is 0 Å². The molecule has 1 nitrogen and oxygen atoms in total. The first-order valence-electron chi connectivity index (χ1n) is 6.20. The summed E-state index contributed by atoms with van der Waals surface area (Å²) in [4.78, 5) is 0.498. The van der Waals surface area contributed by atoms with Gasteiger partial charge >= 0.3 is 0 Å². The molecule has 0 heterocycles. The van der Waals surface area contributed by atoms with Crippen LogP contribution in [0.1, 0.15) is 29.7 Å². The van der Waals surface area contributed by atoms with Crippen LogP contribution in [0.15, 0.2) is 22.7 Å². The van der Waals surface area contributed by atoms with Crippen molar-refractivity contribution >= 4 is 31.9 Å². The summed E-state index contributed by atoms with van der Waals surface area (Å²) in [5.74, 6) is 3.73. The molecular weight excluding hydrogens is 344 g/mol. The van der Waals surface area contributed by atoms with Crippen molar-refractivity contribution in [1.82, 2.24) is 0 Å². The molecule has 0 bridgehead atoms. The van der Waals surface area contributed by atoms with Crippen molar-refractivity contribution in [3.8, 4) is 5.75 Å². The third kappa shape index (κ3) is 2.06. The predicted molar refractivity (Wildman–Crippen MR) is 76.7 cm³/mol. The van der Waals surface area contributed by atoms with Gasteiger partial charge in [-0.3, -0.25) is 0 Å². The van der Waals surface area contributed by atoms with Gasteiger partial charge in [-0.05, 0) is 48.3 Å². The molecule has 2 saturated carbocycles. The molecule has 2 aliphatic carbocycles. The number of hydrogen-bond donors (Lipinski definition) is 0. The zero-order valence-electron chi connectivity index (χ0n) is 9.83. The maximum Gasteiger partial charge on any atom is 0.120 e. The Bertz CT molecular complexity index is 422. The molecule has 0 saturated heterocycles. The van der Waals surface area contributed by atoms with Gasteiger partial charge in [-0.1, -0.05) is 44.3 Å². The van der Waals surface area contributed by atoms with Gasteiger partial charge in [-0.15, -0.1) is 0 Å². The van der Waals surface area contributed by atoms with Gasteiger partial charge < -0.3 is 4.74 Å². The van der Waals surface area contributed by atoms with Crippen LogP contribution in [0.4, 0.5) is 0 Å². The second-order valence-corrected chi connectivity index (χ2v) is 6.97. The Labute approximate surface area is 119 Å². The van der Waals surface area contributed by atoms with Crippen molar-refractivity contribution < 1.29 is 4.74 Å². The van der Waals surface area contributed by atoms with Crippen LogP contribution in [0.2, 0.25) is 0 Å². The minimum Gasteiger partial charge on any atom is -0.497 e. The van der Waals surface area contributed by atoms with E-state index in [9.17, 15) is 0 Å². The van der Waals surface area contributed by atoms with Gasteiger partial charge in [0, 0.05) is 9.30 Å². The van der Waals surface area contributed by atoms with Gasteiger partial charge in [-0.25, -0.2) is 0 Å². The first-order chi connectivity index (χ1) is 8.22. The summed E-state index contributed by atoms with van der Waals surface area (Å²) in [6.45, 7) is 0. The average Bonchev–Trinajstić information content (AvgIpc) is 2.81. The highest BCUT2D eigenvalue weighted by Crippen LogP contribution is 2.64. The Balaban J connectivity index is 1.80. The summed E-state index contributed by atoms with van der Waals surface area (Å²) in [6.07, 6.45) is 4.31. The lowest BCUT2D eigenvalue weighted by atomic mass is 10.0. The first-order valence-corrected chi connectivity index (χ1v) is 7.90. The van der Waals surface area contributed by atoms with Crippen LogP contribution in [0.5, 0.6) is 5.75 Å². The Morgan fingerprint density at radius 1 is 1.29 bits per heavy atom. The molecule has 1 aromatic rings. The van der Waals surface area contributed by atoms with Crippen molar-refractivity contribution in [2.45, 2.75) is 24.1 Å². The van der Waals surface area contributed by atoms with E-state index < -0.39 is 0 Å². The molecule has 92 valence electrons. The van der Waals surface area contributed by atoms with Crippen molar-refractivity contribution in [3.63, 3.8) is 0 Å². The lowest BCUT2D eigenvalue weighted by molar-refractivity contribution is 0.414. The lowest BCUT2D eigenvalue weighted by Gasteiger charge is -2.15. The molecule has 0 N–H and O–H groups in total. The number of hydrogen-bond acceptors (Lipinski definition) is 1. The summed E-state index contributed by atoms with van der Waals surface area (Å²) in [5.41, 5.74) is 1.37. The zero-order valence-corrected chi connectivity index (χ0v) is 13.0. The van der Waals surface area contributed by atoms with Gasteiger partial charge in [-0.2, -0.15) is 0 Å². The van der Waals surface area contributed by atoms with E-state index in [0.29, 0.717) is 4.83 Å². The van der Waals surface area contributed by atoms with Crippen molar-refractivity contribution in [1.29, 1.82) is 0 Å². The van der Waals surface area contributed by atoms with Crippen LogP contribution in [-0.2, 0) is 0 Å². The van der Waals surface area contributed by atoms with Crippen molar-refractivity contribution in [2.24, 2.45) is 17.8 Å². The van der Waals surface area contributed by atoms with Gasteiger partial charge in [0.1, 0.15) is 5.75 Å². The fourth-order valence-electron chi connectivity index (χ4n) is 3.38. The van der Waals surface area contributed by atoms with E-state index in [-0.39, 0.29) is 0 Å². The highest BCUT2D eigenvalue weighted by atomic mass is 79.9. The average molecular weight is 360 g/mol. The fourth-order valence-corrected chi connectivity index (χ4v) is 5.47. The molecule has 3 rings (SSSR count). The Morgan fingerprint density at radius 2 is 2.00 bits per heavy atom. The van der Waals surface area contributed by atoms with Crippen LogP contribution in [0.3, 0.4) is 0 Å². The van der Waals surface area contributed by atoms with E-state index in [1.165, 1.54) is 24.8 Å². The molecule has 0 amide bonds. The molecular formula is C14H16Br2O. The monoisotopic (exact) mass is 358 g/mol. The number of methoxy groups -OCH3 is 1. The summed E-state index contributed by atoms with van der Waals surface area (Å²) in [6, 6.07) is 6.28. The van der Waals surface area contributed by atoms with Crippen LogP contribution in [0, 0.1) is 17.8 Å². The lowest BCUT2D eigenvalue weighted by Crippen LogP contribution is -1.99. The molecule has 0 radical (unpaired) electrons. The fraction of sp³-hybridized carbons (Fsp3) is 0.571. The molecule has 0 aromatic heterocycles. The van der Waals surface area contributed by atoms with Gasteiger partial charge in [0.15, 0.2) is 0 Å². The normalized spacial score (nSPS) is 32.1. The Morgan fingerprint density at radius 3 is 2.59 bits per heavy atom. The van der Waals surface area contributed by atoms with Gasteiger partial charge in [0.2, 0.25) is 0 Å².